The number of rotatable bonds is 3. The van der Waals surface area contributed by atoms with Gasteiger partial charge in [0, 0.05) is 28.9 Å². The molecule has 116 valence electrons. The number of amides is 1. The summed E-state index contributed by atoms with van der Waals surface area (Å²) in [6.45, 7) is 4.98. The third kappa shape index (κ3) is 3.21. The van der Waals surface area contributed by atoms with Crippen LogP contribution in [0.4, 0.5) is 9.52 Å². The molecule has 0 fully saturated rings. The van der Waals surface area contributed by atoms with Crippen LogP contribution < -0.4 is 5.32 Å². The maximum atomic E-state index is 13.7. The minimum Gasteiger partial charge on any atom is -0.298 e. The van der Waals surface area contributed by atoms with E-state index in [1.165, 1.54) is 28.3 Å². The Kier molecular flexibility index (Phi) is 4.56. The maximum Gasteiger partial charge on any atom is 0.260 e. The molecule has 0 bridgehead atoms. The number of aromatic nitrogens is 1. The van der Waals surface area contributed by atoms with Gasteiger partial charge in [0.1, 0.15) is 5.82 Å². The van der Waals surface area contributed by atoms with Crippen LogP contribution in [0, 0.1) is 5.82 Å². The fourth-order valence-corrected chi connectivity index (χ4v) is 3.81. The number of hydrogen-bond acceptors (Lipinski definition) is 4. The SMILES string of the molecule is CCN1CCc2nc(NC(=O)c3cc(Br)ccc3F)sc2C1. The fraction of sp³-hybridized carbons (Fsp3) is 0.333. The predicted molar refractivity (Wildman–Crippen MR) is 88.8 cm³/mol. The zero-order valence-corrected chi connectivity index (χ0v) is 14.4. The Morgan fingerprint density at radius 1 is 1.55 bits per heavy atom. The lowest BCUT2D eigenvalue weighted by Crippen LogP contribution is -2.29. The molecule has 1 N–H and O–H groups in total. The van der Waals surface area contributed by atoms with Crippen LogP contribution in [0.15, 0.2) is 22.7 Å². The summed E-state index contributed by atoms with van der Waals surface area (Å²) in [5.41, 5.74) is 1.05. The quantitative estimate of drug-likeness (QED) is 0.878. The molecule has 0 saturated heterocycles. The summed E-state index contributed by atoms with van der Waals surface area (Å²) in [6, 6.07) is 4.30. The maximum absolute atomic E-state index is 13.7. The summed E-state index contributed by atoms with van der Waals surface area (Å²) in [5.74, 6) is -1.02. The van der Waals surface area contributed by atoms with Gasteiger partial charge in [-0.15, -0.1) is 11.3 Å². The van der Waals surface area contributed by atoms with Crippen molar-refractivity contribution < 1.29 is 9.18 Å². The van der Waals surface area contributed by atoms with Gasteiger partial charge in [-0.3, -0.25) is 15.0 Å². The Bertz CT molecular complexity index is 719. The number of fused-ring (bicyclic) bond motifs is 1. The van der Waals surface area contributed by atoms with E-state index in [4.69, 9.17) is 0 Å². The van der Waals surface area contributed by atoms with Crippen molar-refractivity contribution in [3.8, 4) is 0 Å². The van der Waals surface area contributed by atoms with Gasteiger partial charge in [-0.25, -0.2) is 9.37 Å². The van der Waals surface area contributed by atoms with Crippen LogP contribution in [0.2, 0.25) is 0 Å². The summed E-state index contributed by atoms with van der Waals surface area (Å²) >= 11 is 4.71. The minimum atomic E-state index is -0.542. The Morgan fingerprint density at radius 3 is 3.14 bits per heavy atom. The zero-order chi connectivity index (χ0) is 15.7. The van der Waals surface area contributed by atoms with E-state index >= 15 is 0 Å². The minimum absolute atomic E-state index is 0.0118. The number of benzene rings is 1. The average molecular weight is 384 g/mol. The van der Waals surface area contributed by atoms with E-state index in [1.807, 2.05) is 0 Å². The standard InChI is InChI=1S/C15H15BrFN3OS/c1-2-20-6-5-12-13(8-20)22-15(18-12)19-14(21)10-7-9(16)3-4-11(10)17/h3-4,7H,2,5-6,8H2,1H3,(H,18,19,21). The molecular formula is C15H15BrFN3OS. The lowest BCUT2D eigenvalue weighted by atomic mass is 10.2. The van der Waals surface area contributed by atoms with Crippen molar-refractivity contribution in [2.45, 2.75) is 19.9 Å². The van der Waals surface area contributed by atoms with E-state index in [0.717, 1.165) is 31.7 Å². The third-order valence-corrected chi connectivity index (χ3v) is 5.14. The van der Waals surface area contributed by atoms with Gasteiger partial charge in [-0.2, -0.15) is 0 Å². The van der Waals surface area contributed by atoms with Crippen molar-refractivity contribution in [3.63, 3.8) is 0 Å². The molecule has 0 radical (unpaired) electrons. The molecule has 2 aromatic rings. The van der Waals surface area contributed by atoms with Crippen LogP contribution in [-0.2, 0) is 13.0 Å². The van der Waals surface area contributed by atoms with E-state index in [9.17, 15) is 9.18 Å². The second kappa shape index (κ2) is 6.44. The second-order valence-electron chi connectivity index (χ2n) is 5.09. The van der Waals surface area contributed by atoms with Crippen LogP contribution in [0.3, 0.4) is 0 Å². The predicted octanol–water partition coefficient (Wildman–Crippen LogP) is 3.68. The Balaban J connectivity index is 1.78. The number of carbonyl (C=O) groups is 1. The largest absolute Gasteiger partial charge is 0.298 e. The molecule has 0 saturated carbocycles. The first-order valence-electron chi connectivity index (χ1n) is 7.04. The van der Waals surface area contributed by atoms with Crippen LogP contribution in [0.25, 0.3) is 0 Å². The van der Waals surface area contributed by atoms with Gasteiger partial charge in [-0.1, -0.05) is 22.9 Å². The highest BCUT2D eigenvalue weighted by molar-refractivity contribution is 9.10. The second-order valence-corrected chi connectivity index (χ2v) is 7.09. The lowest BCUT2D eigenvalue weighted by Gasteiger charge is -2.23. The van der Waals surface area contributed by atoms with Gasteiger partial charge in [0.05, 0.1) is 11.3 Å². The molecule has 1 aliphatic rings. The van der Waals surface area contributed by atoms with Gasteiger partial charge in [-0.05, 0) is 24.7 Å². The highest BCUT2D eigenvalue weighted by Crippen LogP contribution is 2.28. The van der Waals surface area contributed by atoms with Crippen LogP contribution >= 0.6 is 27.3 Å². The number of hydrogen-bond donors (Lipinski definition) is 1. The number of thiazole rings is 1. The molecule has 7 heteroatoms. The average Bonchev–Trinajstić information content (AvgIpc) is 2.90. The van der Waals surface area contributed by atoms with Crippen molar-refractivity contribution in [1.29, 1.82) is 0 Å². The van der Waals surface area contributed by atoms with Gasteiger partial charge in [0.2, 0.25) is 0 Å². The van der Waals surface area contributed by atoms with E-state index in [2.05, 4.69) is 38.1 Å². The van der Waals surface area contributed by atoms with E-state index in [1.54, 1.807) is 6.07 Å². The van der Waals surface area contributed by atoms with Crippen LogP contribution in [-0.4, -0.2) is 28.9 Å². The molecule has 0 aliphatic carbocycles. The summed E-state index contributed by atoms with van der Waals surface area (Å²) in [6.07, 6.45) is 0.890. The van der Waals surface area contributed by atoms with E-state index < -0.39 is 11.7 Å². The van der Waals surface area contributed by atoms with Crippen molar-refractivity contribution >= 4 is 38.3 Å². The van der Waals surface area contributed by atoms with Crippen molar-refractivity contribution in [2.75, 3.05) is 18.4 Å². The molecule has 2 heterocycles. The zero-order valence-electron chi connectivity index (χ0n) is 12.0. The number of nitrogens with one attached hydrogen (secondary N) is 1. The van der Waals surface area contributed by atoms with E-state index in [0.29, 0.717) is 9.60 Å². The van der Waals surface area contributed by atoms with Crippen molar-refractivity contribution in [1.82, 2.24) is 9.88 Å². The molecule has 1 aliphatic heterocycles. The number of carbonyl (C=O) groups excluding carboxylic acids is 1. The molecular weight excluding hydrogens is 369 g/mol. The highest BCUT2D eigenvalue weighted by atomic mass is 79.9. The molecule has 0 spiro atoms. The molecule has 4 nitrogen and oxygen atoms in total. The number of likely N-dealkylation sites (N-methyl/N-ethyl adjacent to an activating group) is 1. The molecule has 22 heavy (non-hydrogen) atoms. The van der Waals surface area contributed by atoms with Gasteiger partial charge in [0.25, 0.3) is 5.91 Å². The Hall–Kier alpha value is -1.31. The Morgan fingerprint density at radius 2 is 2.36 bits per heavy atom. The molecule has 1 aromatic heterocycles. The Labute approximate surface area is 140 Å². The number of nitrogens with zero attached hydrogens (tertiary/aromatic N) is 2. The third-order valence-electron chi connectivity index (χ3n) is 3.65. The smallest absolute Gasteiger partial charge is 0.260 e. The summed E-state index contributed by atoms with van der Waals surface area (Å²) in [5, 5.41) is 3.24. The molecule has 1 amide bonds. The van der Waals surface area contributed by atoms with Crippen LogP contribution in [0.5, 0.6) is 0 Å². The first-order valence-corrected chi connectivity index (χ1v) is 8.65. The normalized spacial score (nSPS) is 14.7. The molecule has 0 atom stereocenters. The molecule has 1 aromatic carbocycles. The lowest BCUT2D eigenvalue weighted by molar-refractivity contribution is 0.102. The van der Waals surface area contributed by atoms with Gasteiger partial charge < -0.3 is 0 Å². The van der Waals surface area contributed by atoms with Crippen molar-refractivity contribution in [3.05, 3.63) is 44.6 Å². The summed E-state index contributed by atoms with van der Waals surface area (Å²) < 4.78 is 14.4. The van der Waals surface area contributed by atoms with E-state index in [-0.39, 0.29) is 5.56 Å². The first-order chi connectivity index (χ1) is 10.6. The number of halogens is 2. The summed E-state index contributed by atoms with van der Waals surface area (Å²) in [7, 11) is 0. The van der Waals surface area contributed by atoms with Gasteiger partial charge in [0.15, 0.2) is 5.13 Å². The monoisotopic (exact) mass is 383 g/mol. The fourth-order valence-electron chi connectivity index (χ4n) is 2.41. The number of anilines is 1. The van der Waals surface area contributed by atoms with Gasteiger partial charge >= 0.3 is 0 Å². The molecule has 3 rings (SSSR count). The van der Waals surface area contributed by atoms with Crippen molar-refractivity contribution in [2.24, 2.45) is 0 Å². The summed E-state index contributed by atoms with van der Waals surface area (Å²) in [4.78, 5) is 20.2. The van der Waals surface area contributed by atoms with Crippen LogP contribution in [0.1, 0.15) is 27.9 Å². The topological polar surface area (TPSA) is 45.2 Å². The highest BCUT2D eigenvalue weighted by Gasteiger charge is 2.21. The first kappa shape index (κ1) is 15.6. The molecule has 0 unspecified atom stereocenters.